The number of carbonyl (C=O) groups is 1. The van der Waals surface area contributed by atoms with Crippen LogP contribution in [-0.2, 0) is 17.6 Å². The molecule has 0 aliphatic heterocycles. The van der Waals surface area contributed by atoms with Gasteiger partial charge in [-0.1, -0.05) is 48.5 Å². The van der Waals surface area contributed by atoms with Crippen molar-refractivity contribution < 1.29 is 9.21 Å². The van der Waals surface area contributed by atoms with Gasteiger partial charge in [0.2, 0.25) is 17.7 Å². The molecule has 5 nitrogen and oxygen atoms in total. The molecule has 1 amide bonds. The van der Waals surface area contributed by atoms with E-state index >= 15 is 0 Å². The van der Waals surface area contributed by atoms with Crippen LogP contribution in [0.15, 0.2) is 65.1 Å². The molecule has 0 spiro atoms. The van der Waals surface area contributed by atoms with Crippen molar-refractivity contribution in [1.29, 1.82) is 0 Å². The zero-order valence-electron chi connectivity index (χ0n) is 15.6. The molecule has 3 rings (SSSR count). The molecule has 2 aromatic carbocycles. The van der Waals surface area contributed by atoms with Gasteiger partial charge in [0.05, 0.1) is 0 Å². The first kappa shape index (κ1) is 18.8. The zero-order valence-corrected chi connectivity index (χ0v) is 15.6. The molecule has 0 saturated heterocycles. The highest BCUT2D eigenvalue weighted by atomic mass is 16.4. The van der Waals surface area contributed by atoms with E-state index in [1.807, 2.05) is 55.5 Å². The highest BCUT2D eigenvalue weighted by Crippen LogP contribution is 2.17. The van der Waals surface area contributed by atoms with Crippen LogP contribution in [-0.4, -0.2) is 22.1 Å². The molecule has 1 heterocycles. The largest absolute Gasteiger partial charge is 0.421 e. The standard InChI is InChI=1S/C22H25N3O2/c1-17(15-16-18-9-4-2-5-10-18)23-20(26)13-8-14-21-24-25-22(27-21)19-11-6-3-7-12-19/h2-7,9-12,17H,8,13-16H2,1H3,(H,23,26)/t17-/m0/s1. The lowest BCUT2D eigenvalue weighted by atomic mass is 10.1. The highest BCUT2D eigenvalue weighted by molar-refractivity contribution is 5.76. The summed E-state index contributed by atoms with van der Waals surface area (Å²) in [7, 11) is 0. The SMILES string of the molecule is C[C@@H](CCc1ccccc1)NC(=O)CCCc1nnc(-c2ccccc2)o1. The van der Waals surface area contributed by atoms with E-state index in [9.17, 15) is 4.79 Å². The van der Waals surface area contributed by atoms with Crippen molar-refractivity contribution in [2.24, 2.45) is 0 Å². The third-order valence-electron chi connectivity index (χ3n) is 4.40. The molecule has 1 atom stereocenters. The Balaban J connectivity index is 1.36. The van der Waals surface area contributed by atoms with Crippen LogP contribution in [0, 0.1) is 0 Å². The Morgan fingerprint density at radius 1 is 1.00 bits per heavy atom. The van der Waals surface area contributed by atoms with E-state index in [1.165, 1.54) is 5.56 Å². The van der Waals surface area contributed by atoms with Crippen LogP contribution in [0.3, 0.4) is 0 Å². The highest BCUT2D eigenvalue weighted by Gasteiger charge is 2.11. The lowest BCUT2D eigenvalue weighted by Crippen LogP contribution is -2.32. The Labute approximate surface area is 159 Å². The van der Waals surface area contributed by atoms with Gasteiger partial charge in [-0.25, -0.2) is 0 Å². The maximum Gasteiger partial charge on any atom is 0.247 e. The summed E-state index contributed by atoms with van der Waals surface area (Å²) in [6.07, 6.45) is 3.64. The topological polar surface area (TPSA) is 68.0 Å². The fraction of sp³-hybridized carbons (Fsp3) is 0.318. The predicted octanol–water partition coefficient (Wildman–Crippen LogP) is 4.20. The van der Waals surface area contributed by atoms with E-state index in [0.29, 0.717) is 31.0 Å². The maximum atomic E-state index is 12.1. The summed E-state index contributed by atoms with van der Waals surface area (Å²) in [4.78, 5) is 12.1. The van der Waals surface area contributed by atoms with Crippen molar-refractivity contribution in [3.05, 3.63) is 72.1 Å². The summed E-state index contributed by atoms with van der Waals surface area (Å²) in [6.45, 7) is 2.05. The Morgan fingerprint density at radius 2 is 1.70 bits per heavy atom. The van der Waals surface area contributed by atoms with Gasteiger partial charge in [0.1, 0.15) is 0 Å². The molecule has 0 radical (unpaired) electrons. The van der Waals surface area contributed by atoms with Gasteiger partial charge < -0.3 is 9.73 Å². The van der Waals surface area contributed by atoms with Crippen LogP contribution in [0.2, 0.25) is 0 Å². The van der Waals surface area contributed by atoms with Gasteiger partial charge in [-0.2, -0.15) is 0 Å². The normalized spacial score (nSPS) is 11.9. The summed E-state index contributed by atoms with van der Waals surface area (Å²) in [5.41, 5.74) is 2.20. The minimum absolute atomic E-state index is 0.0679. The third kappa shape index (κ3) is 6.06. The molecule has 0 saturated carbocycles. The molecule has 0 fully saturated rings. The van der Waals surface area contributed by atoms with Crippen molar-refractivity contribution in [1.82, 2.24) is 15.5 Å². The van der Waals surface area contributed by atoms with Gasteiger partial charge in [-0.05, 0) is 43.9 Å². The molecular weight excluding hydrogens is 338 g/mol. The summed E-state index contributed by atoms with van der Waals surface area (Å²) >= 11 is 0. The van der Waals surface area contributed by atoms with Crippen molar-refractivity contribution in [2.75, 3.05) is 0 Å². The first-order valence-corrected chi connectivity index (χ1v) is 9.42. The fourth-order valence-corrected chi connectivity index (χ4v) is 2.90. The smallest absolute Gasteiger partial charge is 0.247 e. The average Bonchev–Trinajstić information content (AvgIpc) is 3.17. The average molecular weight is 363 g/mol. The quantitative estimate of drug-likeness (QED) is 0.619. The Bertz CT molecular complexity index is 831. The van der Waals surface area contributed by atoms with E-state index in [4.69, 9.17) is 4.42 Å². The van der Waals surface area contributed by atoms with E-state index in [1.54, 1.807) is 0 Å². The van der Waals surface area contributed by atoms with Crippen molar-refractivity contribution in [3.8, 4) is 11.5 Å². The molecule has 3 aromatic rings. The Hall–Kier alpha value is -2.95. The van der Waals surface area contributed by atoms with Crippen molar-refractivity contribution in [3.63, 3.8) is 0 Å². The van der Waals surface area contributed by atoms with Crippen LogP contribution in [0.5, 0.6) is 0 Å². The maximum absolute atomic E-state index is 12.1. The number of hydrogen-bond acceptors (Lipinski definition) is 4. The number of benzene rings is 2. The van der Waals surface area contributed by atoms with Gasteiger partial charge in [0.15, 0.2) is 0 Å². The van der Waals surface area contributed by atoms with E-state index < -0.39 is 0 Å². The van der Waals surface area contributed by atoms with Crippen LogP contribution < -0.4 is 5.32 Å². The molecule has 1 N–H and O–H groups in total. The third-order valence-corrected chi connectivity index (χ3v) is 4.40. The van der Waals surface area contributed by atoms with E-state index in [0.717, 1.165) is 18.4 Å². The van der Waals surface area contributed by atoms with Crippen LogP contribution in [0.25, 0.3) is 11.5 Å². The molecule has 0 unspecified atom stereocenters. The number of aryl methyl sites for hydroxylation is 2. The fourth-order valence-electron chi connectivity index (χ4n) is 2.90. The van der Waals surface area contributed by atoms with Crippen LogP contribution >= 0.6 is 0 Å². The van der Waals surface area contributed by atoms with Gasteiger partial charge >= 0.3 is 0 Å². The zero-order chi connectivity index (χ0) is 18.9. The van der Waals surface area contributed by atoms with Crippen LogP contribution in [0.1, 0.15) is 37.6 Å². The number of aromatic nitrogens is 2. The second-order valence-electron chi connectivity index (χ2n) is 6.71. The predicted molar refractivity (Wildman–Crippen MR) is 105 cm³/mol. The number of carbonyl (C=O) groups excluding carboxylic acids is 1. The van der Waals surface area contributed by atoms with Crippen molar-refractivity contribution in [2.45, 2.75) is 45.1 Å². The molecule has 140 valence electrons. The van der Waals surface area contributed by atoms with E-state index in [-0.39, 0.29) is 11.9 Å². The molecular formula is C22H25N3O2. The number of nitrogens with zero attached hydrogens (tertiary/aromatic N) is 2. The molecule has 27 heavy (non-hydrogen) atoms. The molecule has 5 heteroatoms. The summed E-state index contributed by atoms with van der Waals surface area (Å²) in [5.74, 6) is 1.15. The first-order chi connectivity index (χ1) is 13.2. The lowest BCUT2D eigenvalue weighted by Gasteiger charge is -2.13. The van der Waals surface area contributed by atoms with Gasteiger partial charge in [-0.3, -0.25) is 4.79 Å². The number of nitrogens with one attached hydrogen (secondary N) is 1. The second-order valence-corrected chi connectivity index (χ2v) is 6.71. The van der Waals surface area contributed by atoms with Crippen LogP contribution in [0.4, 0.5) is 0 Å². The Kier molecular flexibility index (Phi) is 6.74. The minimum Gasteiger partial charge on any atom is -0.421 e. The summed E-state index contributed by atoms with van der Waals surface area (Å²) in [6, 6.07) is 20.2. The van der Waals surface area contributed by atoms with E-state index in [2.05, 4.69) is 27.6 Å². The lowest BCUT2D eigenvalue weighted by molar-refractivity contribution is -0.121. The number of amides is 1. The molecule has 0 aliphatic carbocycles. The monoisotopic (exact) mass is 363 g/mol. The Morgan fingerprint density at radius 3 is 2.44 bits per heavy atom. The molecule has 0 bridgehead atoms. The molecule has 0 aliphatic rings. The number of hydrogen-bond donors (Lipinski definition) is 1. The molecule has 1 aromatic heterocycles. The summed E-state index contributed by atoms with van der Waals surface area (Å²) in [5, 5.41) is 11.2. The van der Waals surface area contributed by atoms with Crippen molar-refractivity contribution >= 4 is 5.91 Å². The summed E-state index contributed by atoms with van der Waals surface area (Å²) < 4.78 is 5.67. The minimum atomic E-state index is 0.0679. The van der Waals surface area contributed by atoms with Gasteiger partial charge in [-0.15, -0.1) is 10.2 Å². The number of rotatable bonds is 9. The second kappa shape index (κ2) is 9.67. The van der Waals surface area contributed by atoms with Gasteiger partial charge in [0, 0.05) is 24.4 Å². The van der Waals surface area contributed by atoms with Gasteiger partial charge in [0.25, 0.3) is 0 Å². The first-order valence-electron chi connectivity index (χ1n) is 9.42.